The lowest BCUT2D eigenvalue weighted by Gasteiger charge is -2.18. The molecule has 3 aromatic rings. The Labute approximate surface area is 173 Å². The summed E-state index contributed by atoms with van der Waals surface area (Å²) < 4.78 is 34.8. The third kappa shape index (κ3) is 4.75. The molecule has 0 aliphatic heterocycles. The smallest absolute Gasteiger partial charge is 0.244 e. The van der Waals surface area contributed by atoms with Crippen LogP contribution >= 0.6 is 15.9 Å². The number of para-hydroxylation sites is 1. The molecule has 3 rings (SSSR count). The van der Waals surface area contributed by atoms with Gasteiger partial charge in [-0.2, -0.15) is 0 Å². The number of hydrogen-bond donors (Lipinski definition) is 3. The maximum atomic E-state index is 13.0. The van der Waals surface area contributed by atoms with Gasteiger partial charge in [0.2, 0.25) is 10.0 Å². The Hall–Kier alpha value is -1.87. The minimum atomic E-state index is -3.89. The molecule has 0 unspecified atom stereocenters. The summed E-state index contributed by atoms with van der Waals surface area (Å²) in [5, 5.41) is 10.8. The molecule has 0 spiro atoms. The molecular weight excluding hydrogens is 444 g/mol. The second kappa shape index (κ2) is 9.09. The minimum Gasteiger partial charge on any atom is -0.492 e. The van der Waals surface area contributed by atoms with E-state index in [1.807, 2.05) is 37.4 Å². The summed E-state index contributed by atoms with van der Waals surface area (Å²) in [6, 6.07) is 12.0. The number of halogens is 1. The summed E-state index contributed by atoms with van der Waals surface area (Å²) in [5.41, 5.74) is 1.91. The zero-order valence-electron chi connectivity index (χ0n) is 15.5. The summed E-state index contributed by atoms with van der Waals surface area (Å²) >= 11 is 3.31. The first-order chi connectivity index (χ1) is 13.4. The number of aromatic amines is 1. The van der Waals surface area contributed by atoms with Gasteiger partial charge >= 0.3 is 0 Å². The van der Waals surface area contributed by atoms with Crippen LogP contribution in [-0.4, -0.2) is 37.8 Å². The van der Waals surface area contributed by atoms with E-state index in [1.54, 1.807) is 12.1 Å². The van der Waals surface area contributed by atoms with Gasteiger partial charge in [0, 0.05) is 27.6 Å². The van der Waals surface area contributed by atoms with Crippen molar-refractivity contribution in [2.24, 2.45) is 0 Å². The quantitative estimate of drug-likeness (QED) is 0.449. The van der Waals surface area contributed by atoms with Gasteiger partial charge in [0.1, 0.15) is 10.6 Å². The van der Waals surface area contributed by atoms with Gasteiger partial charge in [0.15, 0.2) is 0 Å². The number of aliphatic hydroxyl groups excluding tert-OH is 1. The van der Waals surface area contributed by atoms with E-state index < -0.39 is 16.1 Å². The van der Waals surface area contributed by atoms with Crippen LogP contribution in [0.3, 0.4) is 0 Å². The van der Waals surface area contributed by atoms with Crippen molar-refractivity contribution >= 4 is 36.9 Å². The highest BCUT2D eigenvalue weighted by atomic mass is 79.9. The van der Waals surface area contributed by atoms with Crippen LogP contribution in [0.25, 0.3) is 10.9 Å². The molecule has 28 heavy (non-hydrogen) atoms. The first-order valence-electron chi connectivity index (χ1n) is 9.05. The fourth-order valence-corrected chi connectivity index (χ4v) is 4.93. The second-order valence-electron chi connectivity index (χ2n) is 6.50. The second-order valence-corrected chi connectivity index (χ2v) is 9.10. The molecule has 0 bridgehead atoms. The Morgan fingerprint density at radius 3 is 2.79 bits per heavy atom. The molecule has 1 heterocycles. The van der Waals surface area contributed by atoms with E-state index in [-0.39, 0.29) is 11.5 Å². The number of nitrogens with one attached hydrogen (secondary N) is 2. The first-order valence-corrected chi connectivity index (χ1v) is 11.3. The molecule has 150 valence electrons. The highest BCUT2D eigenvalue weighted by Gasteiger charge is 2.24. The van der Waals surface area contributed by atoms with Crippen LogP contribution < -0.4 is 9.46 Å². The summed E-state index contributed by atoms with van der Waals surface area (Å²) in [7, 11) is -3.89. The SMILES string of the molecule is CCCOc1ccc(Br)cc1S(=O)(=O)N[C@@H](CO)Cc1c[nH]c2ccccc12. The van der Waals surface area contributed by atoms with Crippen molar-refractivity contribution in [3.8, 4) is 5.75 Å². The van der Waals surface area contributed by atoms with E-state index in [1.165, 1.54) is 6.07 Å². The Morgan fingerprint density at radius 2 is 2.04 bits per heavy atom. The molecule has 3 N–H and O–H groups in total. The van der Waals surface area contributed by atoms with E-state index in [4.69, 9.17) is 4.74 Å². The van der Waals surface area contributed by atoms with Crippen molar-refractivity contribution in [3.63, 3.8) is 0 Å². The summed E-state index contributed by atoms with van der Waals surface area (Å²) in [6.45, 7) is 2.05. The molecule has 0 aliphatic rings. The maximum Gasteiger partial charge on any atom is 0.244 e. The minimum absolute atomic E-state index is 0.0488. The fraction of sp³-hybridized carbons (Fsp3) is 0.300. The third-order valence-corrected chi connectivity index (χ3v) is 6.38. The molecular formula is C20H23BrN2O4S. The molecule has 8 heteroatoms. The van der Waals surface area contributed by atoms with Gasteiger partial charge in [-0.1, -0.05) is 41.1 Å². The van der Waals surface area contributed by atoms with Crippen molar-refractivity contribution in [2.75, 3.05) is 13.2 Å². The van der Waals surface area contributed by atoms with Gasteiger partial charge in [-0.25, -0.2) is 13.1 Å². The van der Waals surface area contributed by atoms with Crippen molar-refractivity contribution in [1.82, 2.24) is 9.71 Å². The average Bonchev–Trinajstić information content (AvgIpc) is 3.09. The maximum absolute atomic E-state index is 13.0. The highest BCUT2D eigenvalue weighted by Crippen LogP contribution is 2.28. The predicted molar refractivity (Wildman–Crippen MR) is 113 cm³/mol. The summed E-state index contributed by atoms with van der Waals surface area (Å²) in [6.07, 6.45) is 2.97. The van der Waals surface area contributed by atoms with Gasteiger partial charge in [0.05, 0.1) is 13.2 Å². The fourth-order valence-electron chi connectivity index (χ4n) is 3.02. The van der Waals surface area contributed by atoms with Crippen LogP contribution in [0.5, 0.6) is 5.75 Å². The average molecular weight is 467 g/mol. The van der Waals surface area contributed by atoms with E-state index in [0.29, 0.717) is 23.2 Å². The van der Waals surface area contributed by atoms with E-state index in [9.17, 15) is 13.5 Å². The van der Waals surface area contributed by atoms with Crippen molar-refractivity contribution in [2.45, 2.75) is 30.7 Å². The number of benzene rings is 2. The Kier molecular flexibility index (Phi) is 6.77. The largest absolute Gasteiger partial charge is 0.492 e. The molecule has 2 aromatic carbocycles. The predicted octanol–water partition coefficient (Wildman–Crippen LogP) is 3.60. The van der Waals surface area contributed by atoms with Crippen LogP contribution in [0.2, 0.25) is 0 Å². The first kappa shape index (κ1) is 20.9. The molecule has 6 nitrogen and oxygen atoms in total. The normalized spacial score (nSPS) is 13.0. The number of H-pyrrole nitrogens is 1. The zero-order valence-corrected chi connectivity index (χ0v) is 17.9. The lowest BCUT2D eigenvalue weighted by Crippen LogP contribution is -2.39. The summed E-state index contributed by atoms with van der Waals surface area (Å²) in [5.74, 6) is 0.293. The molecule has 0 saturated carbocycles. The standard InChI is InChI=1S/C20H23BrN2O4S/c1-2-9-27-19-8-7-15(21)11-20(19)28(25,26)23-16(13-24)10-14-12-22-18-6-4-3-5-17(14)18/h3-8,11-12,16,22-24H,2,9-10,13H2,1H3/t16-/m1/s1. The monoisotopic (exact) mass is 466 g/mol. The van der Waals surface area contributed by atoms with Gasteiger partial charge in [-0.05, 0) is 42.7 Å². The molecule has 0 saturated heterocycles. The van der Waals surface area contributed by atoms with Crippen LogP contribution in [0.15, 0.2) is 58.0 Å². The number of aromatic nitrogens is 1. The number of aliphatic hydroxyl groups is 1. The third-order valence-electron chi connectivity index (χ3n) is 4.34. The van der Waals surface area contributed by atoms with Crippen LogP contribution in [0, 0.1) is 0 Å². The Bertz CT molecular complexity index is 1050. The number of hydrogen-bond acceptors (Lipinski definition) is 4. The van der Waals surface area contributed by atoms with Crippen LogP contribution in [-0.2, 0) is 16.4 Å². The topological polar surface area (TPSA) is 91.4 Å². The van der Waals surface area contributed by atoms with E-state index in [2.05, 4.69) is 25.6 Å². The van der Waals surface area contributed by atoms with Crippen molar-refractivity contribution in [1.29, 1.82) is 0 Å². The highest BCUT2D eigenvalue weighted by molar-refractivity contribution is 9.10. The lowest BCUT2D eigenvalue weighted by atomic mass is 10.1. The molecule has 0 amide bonds. The van der Waals surface area contributed by atoms with Crippen LogP contribution in [0.4, 0.5) is 0 Å². The molecule has 0 fully saturated rings. The van der Waals surface area contributed by atoms with Crippen LogP contribution in [0.1, 0.15) is 18.9 Å². The Morgan fingerprint density at radius 1 is 1.25 bits per heavy atom. The number of sulfonamides is 1. The van der Waals surface area contributed by atoms with E-state index >= 15 is 0 Å². The van der Waals surface area contributed by atoms with Gasteiger partial charge < -0.3 is 14.8 Å². The van der Waals surface area contributed by atoms with Crippen molar-refractivity contribution < 1.29 is 18.3 Å². The summed E-state index contributed by atoms with van der Waals surface area (Å²) in [4.78, 5) is 3.22. The molecule has 1 atom stereocenters. The molecule has 0 radical (unpaired) electrons. The number of fused-ring (bicyclic) bond motifs is 1. The van der Waals surface area contributed by atoms with Gasteiger partial charge in [-0.15, -0.1) is 0 Å². The molecule has 0 aliphatic carbocycles. The number of ether oxygens (including phenoxy) is 1. The van der Waals surface area contributed by atoms with Crippen molar-refractivity contribution in [3.05, 3.63) is 58.7 Å². The van der Waals surface area contributed by atoms with Gasteiger partial charge in [0.25, 0.3) is 0 Å². The number of rotatable bonds is 9. The Balaban J connectivity index is 1.85. The zero-order chi connectivity index (χ0) is 20.1. The lowest BCUT2D eigenvalue weighted by molar-refractivity contribution is 0.256. The van der Waals surface area contributed by atoms with Gasteiger partial charge in [-0.3, -0.25) is 0 Å². The van der Waals surface area contributed by atoms with E-state index in [0.717, 1.165) is 22.9 Å². The molecule has 1 aromatic heterocycles.